The molecule has 92 valence electrons. The van der Waals surface area contributed by atoms with Crippen molar-refractivity contribution in [1.29, 1.82) is 0 Å². The van der Waals surface area contributed by atoms with Crippen LogP contribution >= 0.6 is 0 Å². The molecule has 0 fully saturated rings. The lowest BCUT2D eigenvalue weighted by molar-refractivity contribution is 0.168. The first-order chi connectivity index (χ1) is 8.81. The van der Waals surface area contributed by atoms with Gasteiger partial charge in [0.25, 0.3) is 0 Å². The second kappa shape index (κ2) is 5.87. The molecule has 0 radical (unpaired) electrons. The number of benzene rings is 2. The van der Waals surface area contributed by atoms with Gasteiger partial charge in [-0.2, -0.15) is 0 Å². The van der Waals surface area contributed by atoms with E-state index in [1.54, 1.807) is 0 Å². The third-order valence-corrected chi connectivity index (χ3v) is 2.71. The largest absolute Gasteiger partial charge is 0.453 e. The quantitative estimate of drug-likeness (QED) is 0.896. The molecule has 0 aliphatic heterocycles. The van der Waals surface area contributed by atoms with E-state index in [2.05, 4.69) is 10.1 Å². The van der Waals surface area contributed by atoms with Gasteiger partial charge in [-0.3, -0.25) is 0 Å². The summed E-state index contributed by atoms with van der Waals surface area (Å²) < 4.78 is 4.67. The van der Waals surface area contributed by atoms with Gasteiger partial charge in [0, 0.05) is 0 Å². The van der Waals surface area contributed by atoms with E-state index in [0.29, 0.717) is 0 Å². The molecule has 0 aliphatic carbocycles. The molecule has 0 unspecified atom stereocenters. The van der Waals surface area contributed by atoms with Gasteiger partial charge in [-0.1, -0.05) is 60.7 Å². The van der Waals surface area contributed by atoms with E-state index in [1.807, 2.05) is 60.7 Å². The van der Waals surface area contributed by atoms with Gasteiger partial charge in [0.05, 0.1) is 13.2 Å². The van der Waals surface area contributed by atoms with Crippen molar-refractivity contribution in [2.45, 2.75) is 6.04 Å². The SMILES string of the molecule is COC(=O)NC(c1ccccc1)c1ccccc1. The van der Waals surface area contributed by atoms with E-state index in [1.165, 1.54) is 7.11 Å². The van der Waals surface area contributed by atoms with Crippen LogP contribution in [0.15, 0.2) is 60.7 Å². The monoisotopic (exact) mass is 241 g/mol. The van der Waals surface area contributed by atoms with Crippen LogP contribution in [0.5, 0.6) is 0 Å². The van der Waals surface area contributed by atoms with Crippen LogP contribution in [0.25, 0.3) is 0 Å². The maximum absolute atomic E-state index is 11.4. The molecular weight excluding hydrogens is 226 g/mol. The summed E-state index contributed by atoms with van der Waals surface area (Å²) in [6, 6.07) is 19.4. The molecule has 0 atom stereocenters. The Bertz CT molecular complexity index is 457. The second-order valence-corrected chi connectivity index (χ2v) is 3.89. The van der Waals surface area contributed by atoms with Crippen LogP contribution in [0.4, 0.5) is 4.79 Å². The molecule has 2 aromatic carbocycles. The number of amides is 1. The highest BCUT2D eigenvalue weighted by atomic mass is 16.5. The molecule has 0 saturated carbocycles. The predicted molar refractivity (Wildman–Crippen MR) is 70.3 cm³/mol. The van der Waals surface area contributed by atoms with Gasteiger partial charge < -0.3 is 10.1 Å². The Kier molecular flexibility index (Phi) is 3.97. The summed E-state index contributed by atoms with van der Waals surface area (Å²) in [5.74, 6) is 0. The van der Waals surface area contributed by atoms with E-state index in [0.717, 1.165) is 11.1 Å². The van der Waals surface area contributed by atoms with Gasteiger partial charge in [0.15, 0.2) is 0 Å². The van der Waals surface area contributed by atoms with Crippen molar-refractivity contribution in [2.24, 2.45) is 0 Å². The summed E-state index contributed by atoms with van der Waals surface area (Å²) in [6.45, 7) is 0. The van der Waals surface area contributed by atoms with E-state index >= 15 is 0 Å². The molecule has 0 aliphatic rings. The van der Waals surface area contributed by atoms with Crippen molar-refractivity contribution in [3.8, 4) is 0 Å². The topological polar surface area (TPSA) is 38.3 Å². The minimum Gasteiger partial charge on any atom is -0.453 e. The van der Waals surface area contributed by atoms with Crippen LogP contribution in [0.3, 0.4) is 0 Å². The summed E-state index contributed by atoms with van der Waals surface area (Å²) in [4.78, 5) is 11.4. The molecule has 3 nitrogen and oxygen atoms in total. The summed E-state index contributed by atoms with van der Waals surface area (Å²) >= 11 is 0. The number of alkyl carbamates (subject to hydrolysis) is 1. The van der Waals surface area contributed by atoms with Crippen LogP contribution in [0.1, 0.15) is 17.2 Å². The first kappa shape index (κ1) is 12.2. The van der Waals surface area contributed by atoms with Crippen molar-refractivity contribution >= 4 is 6.09 Å². The van der Waals surface area contributed by atoms with Gasteiger partial charge in [-0.15, -0.1) is 0 Å². The Morgan fingerprint density at radius 1 is 0.944 bits per heavy atom. The minimum absolute atomic E-state index is 0.195. The van der Waals surface area contributed by atoms with E-state index < -0.39 is 6.09 Å². The Morgan fingerprint density at radius 3 is 1.78 bits per heavy atom. The number of carbonyl (C=O) groups excluding carboxylic acids is 1. The average molecular weight is 241 g/mol. The molecule has 1 amide bonds. The number of ether oxygens (including phenoxy) is 1. The van der Waals surface area contributed by atoms with Crippen molar-refractivity contribution in [3.05, 3.63) is 71.8 Å². The Morgan fingerprint density at radius 2 is 1.39 bits per heavy atom. The molecule has 0 aromatic heterocycles. The van der Waals surface area contributed by atoms with E-state index in [4.69, 9.17) is 0 Å². The van der Waals surface area contributed by atoms with Gasteiger partial charge in [0.1, 0.15) is 0 Å². The fourth-order valence-corrected chi connectivity index (χ4v) is 1.83. The van der Waals surface area contributed by atoms with Crippen molar-refractivity contribution in [1.82, 2.24) is 5.32 Å². The maximum atomic E-state index is 11.4. The summed E-state index contributed by atoms with van der Waals surface area (Å²) in [6.07, 6.45) is -0.437. The summed E-state index contributed by atoms with van der Waals surface area (Å²) in [5, 5.41) is 2.84. The molecule has 1 N–H and O–H groups in total. The molecule has 2 aromatic rings. The summed E-state index contributed by atoms with van der Waals surface area (Å²) in [7, 11) is 1.36. The Balaban J connectivity index is 2.32. The predicted octanol–water partition coefficient (Wildman–Crippen LogP) is 3.13. The smallest absolute Gasteiger partial charge is 0.407 e. The van der Waals surface area contributed by atoms with E-state index in [-0.39, 0.29) is 6.04 Å². The average Bonchev–Trinajstić information content (AvgIpc) is 2.46. The lowest BCUT2D eigenvalue weighted by Crippen LogP contribution is -2.29. The Labute approximate surface area is 106 Å². The number of hydrogen-bond acceptors (Lipinski definition) is 2. The van der Waals surface area contributed by atoms with Gasteiger partial charge in [-0.25, -0.2) is 4.79 Å². The third-order valence-electron chi connectivity index (χ3n) is 2.71. The van der Waals surface area contributed by atoms with Crippen molar-refractivity contribution in [3.63, 3.8) is 0 Å². The van der Waals surface area contributed by atoms with E-state index in [9.17, 15) is 4.79 Å². The molecule has 0 spiro atoms. The lowest BCUT2D eigenvalue weighted by Gasteiger charge is -2.18. The molecule has 18 heavy (non-hydrogen) atoms. The number of rotatable bonds is 3. The van der Waals surface area contributed by atoms with Crippen molar-refractivity contribution < 1.29 is 9.53 Å². The summed E-state index contributed by atoms with van der Waals surface area (Å²) in [5.41, 5.74) is 2.04. The fraction of sp³-hybridized carbons (Fsp3) is 0.133. The molecule has 0 heterocycles. The highest BCUT2D eigenvalue weighted by molar-refractivity contribution is 5.68. The van der Waals surface area contributed by atoms with Gasteiger partial charge in [0.2, 0.25) is 0 Å². The zero-order chi connectivity index (χ0) is 12.8. The second-order valence-electron chi connectivity index (χ2n) is 3.89. The number of nitrogens with one attached hydrogen (secondary N) is 1. The highest BCUT2D eigenvalue weighted by Gasteiger charge is 2.16. The van der Waals surface area contributed by atoms with Gasteiger partial charge in [-0.05, 0) is 11.1 Å². The van der Waals surface area contributed by atoms with Crippen molar-refractivity contribution in [2.75, 3.05) is 7.11 Å². The number of carbonyl (C=O) groups is 1. The highest BCUT2D eigenvalue weighted by Crippen LogP contribution is 2.21. The standard InChI is InChI=1S/C15H15NO2/c1-18-15(17)16-14(12-8-4-2-5-9-12)13-10-6-3-7-11-13/h2-11,14H,1H3,(H,16,17). The third kappa shape index (κ3) is 2.88. The first-order valence-electron chi connectivity index (χ1n) is 5.75. The fourth-order valence-electron chi connectivity index (χ4n) is 1.83. The van der Waals surface area contributed by atoms with Crippen LogP contribution in [-0.4, -0.2) is 13.2 Å². The normalized spacial score (nSPS) is 10.1. The molecule has 2 rings (SSSR count). The molecule has 3 heteroatoms. The number of methoxy groups -OCH3 is 1. The van der Waals surface area contributed by atoms with Crippen LogP contribution in [0, 0.1) is 0 Å². The lowest BCUT2D eigenvalue weighted by atomic mass is 9.99. The molecular formula is C15H15NO2. The Hall–Kier alpha value is -2.29. The van der Waals surface area contributed by atoms with Crippen LogP contribution in [-0.2, 0) is 4.74 Å². The number of hydrogen-bond donors (Lipinski definition) is 1. The maximum Gasteiger partial charge on any atom is 0.407 e. The van der Waals surface area contributed by atoms with Crippen LogP contribution in [0.2, 0.25) is 0 Å². The zero-order valence-electron chi connectivity index (χ0n) is 10.2. The first-order valence-corrected chi connectivity index (χ1v) is 5.75. The minimum atomic E-state index is -0.437. The van der Waals surface area contributed by atoms with Gasteiger partial charge >= 0.3 is 6.09 Å². The zero-order valence-corrected chi connectivity index (χ0v) is 10.2. The molecule has 0 saturated heterocycles. The molecule has 0 bridgehead atoms. The van der Waals surface area contributed by atoms with Crippen LogP contribution < -0.4 is 5.32 Å².